The van der Waals surface area contributed by atoms with Crippen LogP contribution < -0.4 is 10.0 Å². The van der Waals surface area contributed by atoms with Gasteiger partial charge in [-0.2, -0.15) is 0 Å². The lowest BCUT2D eigenvalue weighted by atomic mass is 10.1. The number of hydrogen-bond donors (Lipinski definition) is 2. The lowest BCUT2D eigenvalue weighted by molar-refractivity contribution is -0.128. The first kappa shape index (κ1) is 21.4. The molecule has 0 spiro atoms. The van der Waals surface area contributed by atoms with Crippen LogP contribution in [0.25, 0.3) is 0 Å². The molecule has 0 aliphatic carbocycles. The maximum absolute atomic E-state index is 12.4. The Morgan fingerprint density at radius 2 is 1.85 bits per heavy atom. The van der Waals surface area contributed by atoms with Crippen LogP contribution in [-0.2, 0) is 19.6 Å². The SMILES string of the molecule is CCCCN1C[C@H](C(=O)Nc2ccc(S(=O)(=O)NC(C)(C)C)cc2)CC1=O. The van der Waals surface area contributed by atoms with Crippen molar-refractivity contribution in [1.29, 1.82) is 0 Å². The summed E-state index contributed by atoms with van der Waals surface area (Å²) in [6.45, 7) is 8.49. The molecule has 0 radical (unpaired) electrons. The number of nitrogens with one attached hydrogen (secondary N) is 2. The van der Waals surface area contributed by atoms with Crippen LogP contribution in [0.3, 0.4) is 0 Å². The Morgan fingerprint density at radius 3 is 2.41 bits per heavy atom. The highest BCUT2D eigenvalue weighted by Gasteiger charge is 2.33. The standard InChI is InChI=1S/C19H29N3O4S/c1-5-6-11-22-13-14(12-17(22)23)18(24)20-15-7-9-16(10-8-15)27(25,26)21-19(2,3)4/h7-10,14,21H,5-6,11-13H2,1-4H3,(H,20,24)/t14-/m1/s1. The van der Waals surface area contributed by atoms with E-state index in [1.807, 2.05) is 0 Å². The van der Waals surface area contributed by atoms with Crippen molar-refractivity contribution < 1.29 is 18.0 Å². The Morgan fingerprint density at radius 1 is 1.22 bits per heavy atom. The molecular formula is C19H29N3O4S. The zero-order valence-corrected chi connectivity index (χ0v) is 17.2. The molecule has 0 unspecified atom stereocenters. The number of amides is 2. The van der Waals surface area contributed by atoms with Gasteiger partial charge in [-0.05, 0) is 51.5 Å². The molecule has 0 saturated carbocycles. The lowest BCUT2D eigenvalue weighted by Gasteiger charge is -2.20. The summed E-state index contributed by atoms with van der Waals surface area (Å²) >= 11 is 0. The van der Waals surface area contributed by atoms with Crippen molar-refractivity contribution in [3.8, 4) is 0 Å². The molecule has 7 nitrogen and oxygen atoms in total. The molecule has 1 aromatic rings. The number of anilines is 1. The maximum Gasteiger partial charge on any atom is 0.241 e. The predicted octanol–water partition coefficient (Wildman–Crippen LogP) is 2.35. The summed E-state index contributed by atoms with van der Waals surface area (Å²) in [5.41, 5.74) is -0.0705. The second-order valence-corrected chi connectivity index (χ2v) is 9.65. The zero-order valence-electron chi connectivity index (χ0n) is 16.4. The van der Waals surface area contributed by atoms with Crippen LogP contribution in [0.1, 0.15) is 47.0 Å². The van der Waals surface area contributed by atoms with Gasteiger partial charge in [-0.25, -0.2) is 13.1 Å². The molecule has 0 bridgehead atoms. The molecule has 1 heterocycles. The molecular weight excluding hydrogens is 366 g/mol. The number of carbonyl (C=O) groups is 2. The van der Waals surface area contributed by atoms with Crippen LogP contribution in [-0.4, -0.2) is 43.8 Å². The van der Waals surface area contributed by atoms with Gasteiger partial charge in [-0.3, -0.25) is 9.59 Å². The molecule has 1 aromatic carbocycles. The number of likely N-dealkylation sites (tertiary alicyclic amines) is 1. The minimum absolute atomic E-state index is 0.0123. The monoisotopic (exact) mass is 395 g/mol. The van der Waals surface area contributed by atoms with E-state index in [1.54, 1.807) is 37.8 Å². The van der Waals surface area contributed by atoms with Crippen LogP contribution in [0.2, 0.25) is 0 Å². The molecule has 1 saturated heterocycles. The molecule has 150 valence electrons. The summed E-state index contributed by atoms with van der Waals surface area (Å²) in [6, 6.07) is 6.02. The summed E-state index contributed by atoms with van der Waals surface area (Å²) in [7, 11) is -3.62. The van der Waals surface area contributed by atoms with Crippen molar-refractivity contribution in [3.63, 3.8) is 0 Å². The fourth-order valence-corrected chi connectivity index (χ4v) is 4.36. The highest BCUT2D eigenvalue weighted by atomic mass is 32.2. The summed E-state index contributed by atoms with van der Waals surface area (Å²) in [5, 5.41) is 2.77. The first-order valence-electron chi connectivity index (χ1n) is 9.24. The Hall–Kier alpha value is -1.93. The van der Waals surface area contributed by atoms with Crippen molar-refractivity contribution in [2.45, 2.75) is 57.4 Å². The van der Waals surface area contributed by atoms with Crippen molar-refractivity contribution >= 4 is 27.5 Å². The largest absolute Gasteiger partial charge is 0.342 e. The van der Waals surface area contributed by atoms with Crippen molar-refractivity contribution in [2.24, 2.45) is 5.92 Å². The number of carbonyl (C=O) groups excluding carboxylic acids is 2. The van der Waals surface area contributed by atoms with Crippen LogP contribution in [0.5, 0.6) is 0 Å². The van der Waals surface area contributed by atoms with E-state index in [0.29, 0.717) is 18.8 Å². The average molecular weight is 396 g/mol. The normalized spacial score (nSPS) is 18.0. The molecule has 8 heteroatoms. The fourth-order valence-electron chi connectivity index (χ4n) is 2.94. The van der Waals surface area contributed by atoms with Crippen molar-refractivity contribution in [3.05, 3.63) is 24.3 Å². The molecule has 2 rings (SSSR count). The van der Waals surface area contributed by atoms with Crippen LogP contribution in [0.4, 0.5) is 5.69 Å². The molecule has 1 aliphatic rings. The van der Waals surface area contributed by atoms with E-state index in [4.69, 9.17) is 0 Å². The first-order chi connectivity index (χ1) is 12.5. The number of rotatable bonds is 7. The Labute approximate surface area is 161 Å². The third-order valence-corrected chi connectivity index (χ3v) is 6.01. The molecule has 0 aromatic heterocycles. The summed E-state index contributed by atoms with van der Waals surface area (Å²) < 4.78 is 27.2. The summed E-state index contributed by atoms with van der Waals surface area (Å²) in [6.07, 6.45) is 2.15. The van der Waals surface area contributed by atoms with Gasteiger partial charge in [0.05, 0.1) is 10.8 Å². The number of nitrogens with zero attached hydrogens (tertiary/aromatic N) is 1. The Kier molecular flexibility index (Phi) is 6.64. The van der Waals surface area contributed by atoms with Crippen LogP contribution in [0, 0.1) is 5.92 Å². The average Bonchev–Trinajstić information content (AvgIpc) is 2.92. The van der Waals surface area contributed by atoms with E-state index in [2.05, 4.69) is 17.0 Å². The molecule has 27 heavy (non-hydrogen) atoms. The molecule has 1 atom stereocenters. The van der Waals surface area contributed by atoms with E-state index in [0.717, 1.165) is 12.8 Å². The number of sulfonamides is 1. The van der Waals surface area contributed by atoms with Gasteiger partial charge in [0.25, 0.3) is 0 Å². The third kappa shape index (κ3) is 6.04. The van der Waals surface area contributed by atoms with Gasteiger partial charge in [-0.1, -0.05) is 13.3 Å². The van der Waals surface area contributed by atoms with Crippen LogP contribution in [0.15, 0.2) is 29.2 Å². The fraction of sp³-hybridized carbons (Fsp3) is 0.579. The second-order valence-electron chi connectivity index (χ2n) is 7.96. The molecule has 2 N–H and O–H groups in total. The lowest BCUT2D eigenvalue weighted by Crippen LogP contribution is -2.40. The minimum atomic E-state index is -3.62. The van der Waals surface area contributed by atoms with E-state index in [1.165, 1.54) is 12.1 Å². The van der Waals surface area contributed by atoms with E-state index in [-0.39, 0.29) is 29.0 Å². The Bertz CT molecular complexity index is 782. The van der Waals surface area contributed by atoms with Crippen LogP contribution >= 0.6 is 0 Å². The van der Waals surface area contributed by atoms with Gasteiger partial charge in [0.1, 0.15) is 0 Å². The maximum atomic E-state index is 12.4. The third-order valence-electron chi connectivity index (χ3n) is 4.24. The van der Waals surface area contributed by atoms with Gasteiger partial charge in [-0.15, -0.1) is 0 Å². The van der Waals surface area contributed by atoms with E-state index < -0.39 is 15.6 Å². The molecule has 1 aliphatic heterocycles. The Balaban J connectivity index is 1.98. The van der Waals surface area contributed by atoms with Gasteiger partial charge in [0.15, 0.2) is 0 Å². The first-order valence-corrected chi connectivity index (χ1v) is 10.7. The number of benzene rings is 1. The number of unbranched alkanes of at least 4 members (excludes halogenated alkanes) is 1. The number of hydrogen-bond acceptors (Lipinski definition) is 4. The minimum Gasteiger partial charge on any atom is -0.342 e. The zero-order chi connectivity index (χ0) is 20.2. The van der Waals surface area contributed by atoms with E-state index >= 15 is 0 Å². The smallest absolute Gasteiger partial charge is 0.241 e. The molecule has 2 amide bonds. The quantitative estimate of drug-likeness (QED) is 0.741. The summed E-state index contributed by atoms with van der Waals surface area (Å²) in [4.78, 5) is 26.3. The second kappa shape index (κ2) is 8.39. The summed E-state index contributed by atoms with van der Waals surface area (Å²) in [5.74, 6) is -0.579. The van der Waals surface area contributed by atoms with Gasteiger partial charge in [0.2, 0.25) is 21.8 Å². The predicted molar refractivity (Wildman–Crippen MR) is 105 cm³/mol. The highest BCUT2D eigenvalue weighted by molar-refractivity contribution is 7.89. The van der Waals surface area contributed by atoms with E-state index in [9.17, 15) is 18.0 Å². The van der Waals surface area contributed by atoms with Gasteiger partial charge in [0, 0.05) is 30.7 Å². The van der Waals surface area contributed by atoms with Crippen molar-refractivity contribution in [2.75, 3.05) is 18.4 Å². The van der Waals surface area contributed by atoms with Gasteiger partial charge >= 0.3 is 0 Å². The van der Waals surface area contributed by atoms with Crippen molar-refractivity contribution in [1.82, 2.24) is 9.62 Å². The van der Waals surface area contributed by atoms with Gasteiger partial charge < -0.3 is 10.2 Å². The molecule has 1 fully saturated rings. The highest BCUT2D eigenvalue weighted by Crippen LogP contribution is 2.21. The topological polar surface area (TPSA) is 95.6 Å².